The molecule has 2 aromatic heterocycles. The Morgan fingerprint density at radius 2 is 1.93 bits per heavy atom. The zero-order chi connectivity index (χ0) is 9.80. The Labute approximate surface area is 81.0 Å². The molecular weight excluding hydrogens is 178 g/mol. The molecule has 3 N–H and O–H groups in total. The fraction of sp³-hybridized carbons (Fsp3) is 0. The molecule has 0 aromatic carbocycles. The lowest BCUT2D eigenvalue weighted by atomic mass is 10.4. The molecule has 0 atom stereocenters. The van der Waals surface area contributed by atoms with Crippen LogP contribution in [0, 0.1) is 0 Å². The summed E-state index contributed by atoms with van der Waals surface area (Å²) >= 11 is 0. The summed E-state index contributed by atoms with van der Waals surface area (Å²) in [5.74, 6) is 1.75. The first kappa shape index (κ1) is 8.43. The number of aromatic nitrogens is 3. The van der Waals surface area contributed by atoms with Gasteiger partial charge in [0, 0.05) is 6.20 Å². The Hall–Kier alpha value is -2.17. The lowest BCUT2D eigenvalue weighted by Crippen LogP contribution is -1.98. The van der Waals surface area contributed by atoms with Crippen LogP contribution in [0.2, 0.25) is 0 Å². The predicted octanol–water partition coefficient (Wildman–Crippen LogP) is 1.20. The third-order valence-electron chi connectivity index (χ3n) is 1.61. The molecule has 5 nitrogen and oxygen atoms in total. The second-order valence-corrected chi connectivity index (χ2v) is 2.68. The van der Waals surface area contributed by atoms with Gasteiger partial charge in [0.2, 0.25) is 0 Å². The highest BCUT2D eigenvalue weighted by atomic mass is 15.2. The smallest absolute Gasteiger partial charge is 0.154 e. The largest absolute Gasteiger partial charge is 0.382 e. The van der Waals surface area contributed by atoms with Crippen LogP contribution >= 0.6 is 0 Å². The minimum atomic E-state index is 0.400. The number of hydrogen-bond donors (Lipinski definition) is 2. The summed E-state index contributed by atoms with van der Waals surface area (Å²) in [6.07, 6.45) is 1.70. The number of pyridine rings is 1. The van der Waals surface area contributed by atoms with Crippen molar-refractivity contribution in [3.8, 4) is 0 Å². The normalized spacial score (nSPS) is 9.71. The third kappa shape index (κ3) is 1.95. The van der Waals surface area contributed by atoms with Gasteiger partial charge in [0.05, 0.1) is 0 Å². The van der Waals surface area contributed by atoms with E-state index in [0.29, 0.717) is 11.6 Å². The first-order valence-corrected chi connectivity index (χ1v) is 4.12. The second kappa shape index (κ2) is 3.69. The van der Waals surface area contributed by atoms with Crippen LogP contribution in [-0.2, 0) is 0 Å². The van der Waals surface area contributed by atoms with Crippen molar-refractivity contribution in [1.29, 1.82) is 0 Å². The molecular formula is C9H9N5. The second-order valence-electron chi connectivity index (χ2n) is 2.68. The van der Waals surface area contributed by atoms with Gasteiger partial charge in [-0.3, -0.25) is 0 Å². The fourth-order valence-corrected chi connectivity index (χ4v) is 0.977. The van der Waals surface area contributed by atoms with Crippen LogP contribution in [0.5, 0.6) is 0 Å². The van der Waals surface area contributed by atoms with Gasteiger partial charge in [-0.1, -0.05) is 6.07 Å². The highest BCUT2D eigenvalue weighted by molar-refractivity contribution is 5.51. The van der Waals surface area contributed by atoms with E-state index in [1.54, 1.807) is 18.3 Å². The van der Waals surface area contributed by atoms with Gasteiger partial charge >= 0.3 is 0 Å². The highest BCUT2D eigenvalue weighted by Gasteiger charge is 1.95. The zero-order valence-electron chi connectivity index (χ0n) is 7.38. The van der Waals surface area contributed by atoms with Gasteiger partial charge in [-0.05, 0) is 24.3 Å². The van der Waals surface area contributed by atoms with Crippen LogP contribution in [0.1, 0.15) is 0 Å². The minimum absolute atomic E-state index is 0.400. The van der Waals surface area contributed by atoms with Gasteiger partial charge in [0.25, 0.3) is 0 Å². The molecule has 0 radical (unpaired) electrons. The molecule has 14 heavy (non-hydrogen) atoms. The molecule has 0 saturated heterocycles. The van der Waals surface area contributed by atoms with Crippen molar-refractivity contribution in [3.05, 3.63) is 36.5 Å². The van der Waals surface area contributed by atoms with Gasteiger partial charge in [-0.2, -0.15) is 0 Å². The predicted molar refractivity (Wildman–Crippen MR) is 54.0 cm³/mol. The van der Waals surface area contributed by atoms with E-state index in [1.807, 2.05) is 18.2 Å². The molecule has 0 unspecified atom stereocenters. The minimum Gasteiger partial charge on any atom is -0.382 e. The van der Waals surface area contributed by atoms with Crippen LogP contribution in [-0.4, -0.2) is 15.2 Å². The van der Waals surface area contributed by atoms with Crippen molar-refractivity contribution in [3.63, 3.8) is 0 Å². The molecule has 0 aliphatic rings. The number of nitrogens with one attached hydrogen (secondary N) is 1. The summed E-state index contributed by atoms with van der Waals surface area (Å²) in [6.45, 7) is 0. The lowest BCUT2D eigenvalue weighted by molar-refractivity contribution is 1.04. The maximum absolute atomic E-state index is 5.40. The fourth-order valence-electron chi connectivity index (χ4n) is 0.977. The monoisotopic (exact) mass is 187 g/mol. The van der Waals surface area contributed by atoms with Crippen molar-refractivity contribution in [1.82, 2.24) is 15.2 Å². The highest BCUT2D eigenvalue weighted by Crippen LogP contribution is 2.09. The molecule has 0 bridgehead atoms. The molecule has 0 aliphatic carbocycles. The first-order valence-electron chi connectivity index (χ1n) is 4.12. The topological polar surface area (TPSA) is 76.7 Å². The van der Waals surface area contributed by atoms with Crippen LogP contribution in [0.4, 0.5) is 17.5 Å². The van der Waals surface area contributed by atoms with E-state index in [4.69, 9.17) is 5.73 Å². The Balaban J connectivity index is 2.16. The van der Waals surface area contributed by atoms with Gasteiger partial charge < -0.3 is 11.1 Å². The Morgan fingerprint density at radius 3 is 2.57 bits per heavy atom. The number of hydrogen-bond acceptors (Lipinski definition) is 5. The van der Waals surface area contributed by atoms with Crippen LogP contribution in [0.15, 0.2) is 36.5 Å². The average molecular weight is 187 g/mol. The molecule has 0 spiro atoms. The number of nitrogens with two attached hydrogens (primary N) is 1. The van der Waals surface area contributed by atoms with Gasteiger partial charge in [-0.15, -0.1) is 10.2 Å². The Morgan fingerprint density at radius 1 is 1.00 bits per heavy atom. The van der Waals surface area contributed by atoms with E-state index in [0.717, 1.165) is 5.82 Å². The Kier molecular flexibility index (Phi) is 2.22. The van der Waals surface area contributed by atoms with E-state index in [1.165, 1.54) is 0 Å². The van der Waals surface area contributed by atoms with Crippen LogP contribution < -0.4 is 11.1 Å². The van der Waals surface area contributed by atoms with Gasteiger partial charge in [0.1, 0.15) is 11.6 Å². The van der Waals surface area contributed by atoms with E-state index < -0.39 is 0 Å². The summed E-state index contributed by atoms with van der Waals surface area (Å²) in [6, 6.07) is 9.01. The van der Waals surface area contributed by atoms with E-state index >= 15 is 0 Å². The molecule has 0 fully saturated rings. The summed E-state index contributed by atoms with van der Waals surface area (Å²) < 4.78 is 0. The van der Waals surface area contributed by atoms with Crippen LogP contribution in [0.25, 0.3) is 0 Å². The van der Waals surface area contributed by atoms with E-state index in [2.05, 4.69) is 20.5 Å². The summed E-state index contributed by atoms with van der Waals surface area (Å²) in [7, 11) is 0. The summed E-state index contributed by atoms with van der Waals surface area (Å²) in [5.41, 5.74) is 5.40. The molecule has 2 heterocycles. The molecule has 70 valence electrons. The maximum Gasteiger partial charge on any atom is 0.154 e. The zero-order valence-corrected chi connectivity index (χ0v) is 7.38. The first-order chi connectivity index (χ1) is 6.84. The van der Waals surface area contributed by atoms with Crippen molar-refractivity contribution in [2.45, 2.75) is 0 Å². The Bertz CT molecular complexity index is 397. The number of rotatable bonds is 2. The van der Waals surface area contributed by atoms with Crippen molar-refractivity contribution in [2.75, 3.05) is 11.1 Å². The number of nitrogen functional groups attached to an aromatic ring is 1. The number of anilines is 3. The SMILES string of the molecule is Nc1ccc(Nc2ccccn2)nn1. The molecule has 5 heteroatoms. The summed E-state index contributed by atoms with van der Waals surface area (Å²) in [4.78, 5) is 4.09. The van der Waals surface area contributed by atoms with E-state index in [-0.39, 0.29) is 0 Å². The maximum atomic E-state index is 5.40. The van der Waals surface area contributed by atoms with Gasteiger partial charge in [-0.25, -0.2) is 4.98 Å². The lowest BCUT2D eigenvalue weighted by Gasteiger charge is -2.02. The van der Waals surface area contributed by atoms with Gasteiger partial charge in [0.15, 0.2) is 5.82 Å². The molecule has 0 aliphatic heterocycles. The molecule has 2 rings (SSSR count). The molecule has 2 aromatic rings. The van der Waals surface area contributed by atoms with Crippen LogP contribution in [0.3, 0.4) is 0 Å². The number of nitrogens with zero attached hydrogens (tertiary/aromatic N) is 3. The van der Waals surface area contributed by atoms with Crippen molar-refractivity contribution in [2.24, 2.45) is 0 Å². The standard InChI is InChI=1S/C9H9N5/c10-7-4-5-9(14-13-7)12-8-3-1-2-6-11-8/h1-6H,(H2,10,13)(H,11,12,14). The molecule has 0 amide bonds. The van der Waals surface area contributed by atoms with Crippen molar-refractivity contribution < 1.29 is 0 Å². The van der Waals surface area contributed by atoms with Crippen molar-refractivity contribution >= 4 is 17.5 Å². The van der Waals surface area contributed by atoms with E-state index in [9.17, 15) is 0 Å². The quantitative estimate of drug-likeness (QED) is 0.738. The average Bonchev–Trinajstić information content (AvgIpc) is 2.23. The third-order valence-corrected chi connectivity index (χ3v) is 1.61. The molecule has 0 saturated carbocycles. The summed E-state index contributed by atoms with van der Waals surface area (Å²) in [5, 5.41) is 10.6.